The predicted octanol–water partition coefficient (Wildman–Crippen LogP) is 3.51. The van der Waals surface area contributed by atoms with Crippen LogP contribution in [-0.4, -0.2) is 16.6 Å². The smallest absolute Gasteiger partial charge is 0.277 e. The molecule has 1 aliphatic rings. The van der Waals surface area contributed by atoms with Gasteiger partial charge in [-0.2, -0.15) is 0 Å². The summed E-state index contributed by atoms with van der Waals surface area (Å²) in [6.45, 7) is 2.20. The van der Waals surface area contributed by atoms with Crippen molar-refractivity contribution in [1.29, 1.82) is 0 Å². The molecule has 23 heavy (non-hydrogen) atoms. The minimum absolute atomic E-state index is 0.115. The van der Waals surface area contributed by atoms with Gasteiger partial charge in [0, 0.05) is 19.2 Å². The molecular weight excluding hydrogens is 293 g/mol. The fourth-order valence-electron chi connectivity index (χ4n) is 2.65. The Hall–Kier alpha value is -2.43. The quantitative estimate of drug-likeness (QED) is 0.879. The molecule has 4 nitrogen and oxygen atoms in total. The van der Waals surface area contributed by atoms with Gasteiger partial charge in [-0.25, -0.2) is 9.37 Å². The fourth-order valence-corrected chi connectivity index (χ4v) is 2.65. The van der Waals surface area contributed by atoms with Gasteiger partial charge in [0.25, 0.3) is 5.56 Å². The zero-order valence-electron chi connectivity index (χ0n) is 13.4. The number of rotatable bonds is 4. The van der Waals surface area contributed by atoms with Gasteiger partial charge in [-0.05, 0) is 49.9 Å². The molecule has 1 saturated carbocycles. The molecule has 3 rings (SSSR count). The summed E-state index contributed by atoms with van der Waals surface area (Å²) >= 11 is 0. The van der Waals surface area contributed by atoms with E-state index >= 15 is 0 Å². The number of anilines is 1. The number of nitrogens with one attached hydrogen (secondary N) is 1. The van der Waals surface area contributed by atoms with Gasteiger partial charge < -0.3 is 5.32 Å². The minimum atomic E-state index is -0.258. The topological polar surface area (TPSA) is 46.9 Å². The van der Waals surface area contributed by atoms with Crippen molar-refractivity contribution in [2.45, 2.75) is 32.7 Å². The summed E-state index contributed by atoms with van der Waals surface area (Å²) in [5.41, 5.74) is 3.01. The van der Waals surface area contributed by atoms with Crippen molar-refractivity contribution in [3.05, 3.63) is 57.8 Å². The second-order valence-electron chi connectivity index (χ2n) is 5.84. The number of allylic oxidation sites excluding steroid dienone is 2. The SMILES string of the molecule is CNc1cnc(-c2ccc(F)c(C)c2)n(CC=C2CCC2)c1=O. The van der Waals surface area contributed by atoms with Gasteiger partial charge in [0.1, 0.15) is 17.3 Å². The number of hydrogen-bond acceptors (Lipinski definition) is 3. The van der Waals surface area contributed by atoms with E-state index < -0.39 is 0 Å². The average Bonchev–Trinajstić information content (AvgIpc) is 2.50. The lowest BCUT2D eigenvalue weighted by molar-refractivity contribution is 0.618. The van der Waals surface area contributed by atoms with Crippen LogP contribution >= 0.6 is 0 Å². The highest BCUT2D eigenvalue weighted by atomic mass is 19.1. The molecule has 120 valence electrons. The molecule has 1 heterocycles. The van der Waals surface area contributed by atoms with Gasteiger partial charge in [-0.1, -0.05) is 11.6 Å². The highest BCUT2D eigenvalue weighted by molar-refractivity contribution is 5.58. The number of hydrogen-bond donors (Lipinski definition) is 1. The Kier molecular flexibility index (Phi) is 4.28. The number of aromatic nitrogens is 2. The summed E-state index contributed by atoms with van der Waals surface area (Å²) in [6, 6.07) is 4.80. The Morgan fingerprint density at radius 2 is 2.17 bits per heavy atom. The van der Waals surface area contributed by atoms with Crippen LogP contribution in [0.2, 0.25) is 0 Å². The molecule has 1 N–H and O–H groups in total. The molecule has 0 amide bonds. The van der Waals surface area contributed by atoms with Gasteiger partial charge in [-0.3, -0.25) is 9.36 Å². The summed E-state index contributed by atoms with van der Waals surface area (Å²) in [7, 11) is 1.70. The molecule has 0 aliphatic heterocycles. The molecule has 1 fully saturated rings. The molecule has 1 aliphatic carbocycles. The zero-order chi connectivity index (χ0) is 16.4. The molecule has 0 radical (unpaired) electrons. The summed E-state index contributed by atoms with van der Waals surface area (Å²) in [4.78, 5) is 17.0. The summed E-state index contributed by atoms with van der Waals surface area (Å²) in [5.74, 6) is 0.305. The monoisotopic (exact) mass is 313 g/mol. The van der Waals surface area contributed by atoms with E-state index in [4.69, 9.17) is 0 Å². The van der Waals surface area contributed by atoms with E-state index in [1.54, 1.807) is 30.7 Å². The standard InChI is InChI=1S/C18H20FN3O/c1-12-10-14(6-7-15(12)19)17-21-11-16(20-2)18(23)22(17)9-8-13-4-3-5-13/h6-8,10-11,20H,3-5,9H2,1-2H3. The summed E-state index contributed by atoms with van der Waals surface area (Å²) in [5, 5.41) is 2.87. The minimum Gasteiger partial charge on any atom is -0.382 e. The molecule has 1 aromatic heterocycles. The first-order valence-electron chi connectivity index (χ1n) is 7.82. The normalized spacial score (nSPS) is 13.6. The Morgan fingerprint density at radius 3 is 2.78 bits per heavy atom. The summed E-state index contributed by atoms with van der Waals surface area (Å²) in [6.07, 6.45) is 7.08. The maximum absolute atomic E-state index is 13.5. The molecular formula is C18H20FN3O. The molecule has 0 spiro atoms. The molecule has 0 atom stereocenters. The second kappa shape index (κ2) is 6.36. The van der Waals surface area contributed by atoms with Crippen molar-refractivity contribution >= 4 is 5.69 Å². The maximum atomic E-state index is 13.5. The van der Waals surface area contributed by atoms with Crippen LogP contribution in [0.4, 0.5) is 10.1 Å². The molecule has 5 heteroatoms. The highest BCUT2D eigenvalue weighted by Crippen LogP contribution is 2.26. The molecule has 0 saturated heterocycles. The van der Waals surface area contributed by atoms with Gasteiger partial charge in [0.05, 0.1) is 6.20 Å². The number of aryl methyl sites for hydroxylation is 1. The van der Waals surface area contributed by atoms with Crippen molar-refractivity contribution in [2.75, 3.05) is 12.4 Å². The Bertz CT molecular complexity index is 818. The van der Waals surface area contributed by atoms with Crippen molar-refractivity contribution in [3.8, 4) is 11.4 Å². The fraction of sp³-hybridized carbons (Fsp3) is 0.333. The van der Waals surface area contributed by atoms with Crippen LogP contribution in [0.15, 0.2) is 40.8 Å². The van der Waals surface area contributed by atoms with E-state index in [9.17, 15) is 9.18 Å². The Morgan fingerprint density at radius 1 is 1.39 bits per heavy atom. The first kappa shape index (κ1) is 15.5. The van der Waals surface area contributed by atoms with Crippen LogP contribution in [0.3, 0.4) is 0 Å². The molecule has 2 aromatic rings. The number of benzene rings is 1. The highest BCUT2D eigenvalue weighted by Gasteiger charge is 2.13. The third kappa shape index (κ3) is 3.04. The van der Waals surface area contributed by atoms with E-state index in [-0.39, 0.29) is 11.4 Å². The van der Waals surface area contributed by atoms with E-state index in [0.29, 0.717) is 23.6 Å². The first-order valence-corrected chi connectivity index (χ1v) is 7.82. The third-order valence-corrected chi connectivity index (χ3v) is 4.29. The van der Waals surface area contributed by atoms with Gasteiger partial charge >= 0.3 is 0 Å². The van der Waals surface area contributed by atoms with Crippen LogP contribution in [0.25, 0.3) is 11.4 Å². The lowest BCUT2D eigenvalue weighted by Gasteiger charge is -2.18. The lowest BCUT2D eigenvalue weighted by atomic mass is 9.92. The van der Waals surface area contributed by atoms with Crippen molar-refractivity contribution < 1.29 is 4.39 Å². The number of halogens is 1. The Balaban J connectivity index is 2.09. The number of nitrogens with zero attached hydrogens (tertiary/aromatic N) is 2. The van der Waals surface area contributed by atoms with Crippen molar-refractivity contribution in [3.63, 3.8) is 0 Å². The van der Waals surface area contributed by atoms with Crippen LogP contribution in [0.5, 0.6) is 0 Å². The third-order valence-electron chi connectivity index (χ3n) is 4.29. The lowest BCUT2D eigenvalue weighted by Crippen LogP contribution is -2.25. The van der Waals surface area contributed by atoms with E-state index in [2.05, 4.69) is 16.4 Å². The second-order valence-corrected chi connectivity index (χ2v) is 5.84. The maximum Gasteiger partial charge on any atom is 0.277 e. The molecule has 1 aromatic carbocycles. The van der Waals surface area contributed by atoms with Crippen LogP contribution in [-0.2, 0) is 6.54 Å². The summed E-state index contributed by atoms with van der Waals surface area (Å²) < 4.78 is 15.2. The molecule has 0 bridgehead atoms. The van der Waals surface area contributed by atoms with E-state index in [1.807, 2.05) is 0 Å². The van der Waals surface area contributed by atoms with Crippen LogP contribution < -0.4 is 10.9 Å². The van der Waals surface area contributed by atoms with E-state index in [0.717, 1.165) is 18.4 Å². The van der Waals surface area contributed by atoms with Crippen molar-refractivity contribution in [1.82, 2.24) is 9.55 Å². The molecule has 0 unspecified atom stereocenters. The van der Waals surface area contributed by atoms with Crippen LogP contribution in [0.1, 0.15) is 24.8 Å². The van der Waals surface area contributed by atoms with Gasteiger partial charge in [0.2, 0.25) is 0 Å². The van der Waals surface area contributed by atoms with E-state index in [1.165, 1.54) is 24.3 Å². The predicted molar refractivity (Wildman–Crippen MR) is 90.1 cm³/mol. The van der Waals surface area contributed by atoms with Crippen LogP contribution in [0, 0.1) is 12.7 Å². The first-order chi connectivity index (χ1) is 11.1. The van der Waals surface area contributed by atoms with Crippen molar-refractivity contribution in [2.24, 2.45) is 0 Å². The van der Waals surface area contributed by atoms with Gasteiger partial charge in [-0.15, -0.1) is 0 Å². The largest absolute Gasteiger partial charge is 0.382 e. The van der Waals surface area contributed by atoms with Gasteiger partial charge in [0.15, 0.2) is 0 Å². The Labute approximate surface area is 134 Å². The average molecular weight is 313 g/mol. The zero-order valence-corrected chi connectivity index (χ0v) is 13.4.